The number of nitrogens with zero attached hydrogens (tertiary/aromatic N) is 6. The zero-order chi connectivity index (χ0) is 25.4. The molecule has 0 aliphatic heterocycles. The molecule has 0 bridgehead atoms. The molecular formula is C19H14F8N8. The van der Waals surface area contributed by atoms with Crippen molar-refractivity contribution in [2.24, 2.45) is 0 Å². The van der Waals surface area contributed by atoms with Gasteiger partial charge in [-0.1, -0.05) is 0 Å². The van der Waals surface area contributed by atoms with E-state index in [1.54, 1.807) is 0 Å². The van der Waals surface area contributed by atoms with Gasteiger partial charge < -0.3 is 10.6 Å². The van der Waals surface area contributed by atoms with E-state index in [1.807, 2.05) is 0 Å². The molecule has 0 saturated heterocycles. The van der Waals surface area contributed by atoms with Crippen molar-refractivity contribution in [3.63, 3.8) is 0 Å². The molecule has 1 aliphatic rings. The Morgan fingerprint density at radius 1 is 0.886 bits per heavy atom. The first-order valence-electron chi connectivity index (χ1n) is 9.89. The molecule has 1 unspecified atom stereocenters. The van der Waals surface area contributed by atoms with Crippen LogP contribution in [0.15, 0.2) is 30.7 Å². The SMILES string of the molecule is FC1(F)CCC(Nc2nc(Nc3ccnc(C(F)(F)F)c3)nc(-c3cncc(C(F)(F)F)n3)n2)C1. The quantitative estimate of drug-likeness (QED) is 0.461. The predicted octanol–water partition coefficient (Wildman–Crippen LogP) is 5.10. The molecule has 3 aromatic heterocycles. The number of anilines is 3. The number of halogens is 8. The Labute approximate surface area is 191 Å². The van der Waals surface area contributed by atoms with Crippen LogP contribution in [-0.2, 0) is 12.4 Å². The van der Waals surface area contributed by atoms with Gasteiger partial charge in [-0.3, -0.25) is 9.97 Å². The average Bonchev–Trinajstić information content (AvgIpc) is 3.10. The van der Waals surface area contributed by atoms with Gasteiger partial charge in [-0.25, -0.2) is 13.8 Å². The summed E-state index contributed by atoms with van der Waals surface area (Å²) in [6, 6.07) is 1.09. The molecule has 1 aliphatic carbocycles. The van der Waals surface area contributed by atoms with Crippen LogP contribution in [0.5, 0.6) is 0 Å². The van der Waals surface area contributed by atoms with Crippen molar-refractivity contribution < 1.29 is 35.1 Å². The van der Waals surface area contributed by atoms with E-state index in [2.05, 4.69) is 40.5 Å². The Balaban J connectivity index is 1.71. The van der Waals surface area contributed by atoms with Crippen molar-refractivity contribution in [1.29, 1.82) is 0 Å². The zero-order valence-electron chi connectivity index (χ0n) is 17.3. The van der Waals surface area contributed by atoms with Gasteiger partial charge in [0.2, 0.25) is 17.8 Å². The molecular weight excluding hydrogens is 492 g/mol. The van der Waals surface area contributed by atoms with E-state index in [-0.39, 0.29) is 30.4 Å². The largest absolute Gasteiger partial charge is 0.434 e. The van der Waals surface area contributed by atoms with Crippen LogP contribution in [0.1, 0.15) is 30.7 Å². The van der Waals surface area contributed by atoms with Crippen LogP contribution in [0.4, 0.5) is 52.7 Å². The maximum atomic E-state index is 13.6. The van der Waals surface area contributed by atoms with Crippen molar-refractivity contribution in [3.8, 4) is 11.5 Å². The number of hydrogen-bond donors (Lipinski definition) is 2. The molecule has 1 saturated carbocycles. The zero-order valence-corrected chi connectivity index (χ0v) is 17.3. The molecule has 0 aromatic carbocycles. The summed E-state index contributed by atoms with van der Waals surface area (Å²) in [6.07, 6.45) is -8.10. The monoisotopic (exact) mass is 506 g/mol. The van der Waals surface area contributed by atoms with Gasteiger partial charge in [0.15, 0.2) is 11.5 Å². The van der Waals surface area contributed by atoms with E-state index < -0.39 is 53.6 Å². The second-order valence-electron chi connectivity index (χ2n) is 7.59. The lowest BCUT2D eigenvalue weighted by Gasteiger charge is -2.15. The molecule has 0 radical (unpaired) electrons. The molecule has 35 heavy (non-hydrogen) atoms. The van der Waals surface area contributed by atoms with Gasteiger partial charge in [-0.05, 0) is 18.6 Å². The molecule has 3 aromatic rings. The fourth-order valence-corrected chi connectivity index (χ4v) is 3.27. The van der Waals surface area contributed by atoms with Gasteiger partial charge >= 0.3 is 12.4 Å². The first-order chi connectivity index (χ1) is 16.3. The molecule has 1 atom stereocenters. The summed E-state index contributed by atoms with van der Waals surface area (Å²) in [5.74, 6) is -3.99. The van der Waals surface area contributed by atoms with Crippen LogP contribution >= 0.6 is 0 Å². The lowest BCUT2D eigenvalue weighted by atomic mass is 10.2. The summed E-state index contributed by atoms with van der Waals surface area (Å²) < 4.78 is 105. The number of alkyl halides is 8. The Kier molecular flexibility index (Phi) is 6.14. The molecule has 186 valence electrons. The third-order valence-corrected chi connectivity index (χ3v) is 4.83. The molecule has 1 fully saturated rings. The highest BCUT2D eigenvalue weighted by Crippen LogP contribution is 2.36. The van der Waals surface area contributed by atoms with Crippen molar-refractivity contribution in [2.75, 3.05) is 10.6 Å². The van der Waals surface area contributed by atoms with E-state index in [4.69, 9.17) is 0 Å². The Bertz CT molecular complexity index is 1210. The summed E-state index contributed by atoms with van der Waals surface area (Å²) in [6.45, 7) is 0. The van der Waals surface area contributed by atoms with E-state index >= 15 is 0 Å². The highest BCUT2D eigenvalue weighted by Gasteiger charge is 2.40. The summed E-state index contributed by atoms with van der Waals surface area (Å²) in [4.78, 5) is 22.0. The second kappa shape index (κ2) is 8.81. The van der Waals surface area contributed by atoms with E-state index in [0.717, 1.165) is 12.4 Å². The first kappa shape index (κ1) is 24.4. The molecule has 4 rings (SSSR count). The fraction of sp³-hybridized carbons (Fsp3) is 0.368. The number of aromatic nitrogens is 6. The van der Waals surface area contributed by atoms with E-state index in [9.17, 15) is 35.1 Å². The van der Waals surface area contributed by atoms with Gasteiger partial charge in [0.1, 0.15) is 11.4 Å². The van der Waals surface area contributed by atoms with Crippen LogP contribution in [0.2, 0.25) is 0 Å². The summed E-state index contributed by atoms with van der Waals surface area (Å²) >= 11 is 0. The molecule has 0 spiro atoms. The maximum Gasteiger partial charge on any atom is 0.434 e. The topological polar surface area (TPSA) is 101 Å². The molecule has 0 amide bonds. The minimum absolute atomic E-state index is 0.0689. The molecule has 8 nitrogen and oxygen atoms in total. The van der Waals surface area contributed by atoms with Crippen LogP contribution in [-0.4, -0.2) is 41.9 Å². The molecule has 2 N–H and O–H groups in total. The Morgan fingerprint density at radius 2 is 1.60 bits per heavy atom. The van der Waals surface area contributed by atoms with Crippen LogP contribution in [0, 0.1) is 0 Å². The first-order valence-corrected chi connectivity index (χ1v) is 9.89. The van der Waals surface area contributed by atoms with Gasteiger partial charge in [0.05, 0.1) is 12.4 Å². The molecule has 3 heterocycles. The Hall–Kier alpha value is -3.72. The lowest BCUT2D eigenvalue weighted by molar-refractivity contribution is -0.142. The van der Waals surface area contributed by atoms with Crippen molar-refractivity contribution in [3.05, 3.63) is 42.1 Å². The van der Waals surface area contributed by atoms with Crippen molar-refractivity contribution in [2.45, 2.75) is 43.6 Å². The highest BCUT2D eigenvalue weighted by atomic mass is 19.4. The average molecular weight is 506 g/mol. The second-order valence-corrected chi connectivity index (χ2v) is 7.59. The highest BCUT2D eigenvalue weighted by molar-refractivity contribution is 5.58. The van der Waals surface area contributed by atoms with Crippen molar-refractivity contribution >= 4 is 17.6 Å². The fourth-order valence-electron chi connectivity index (χ4n) is 3.27. The van der Waals surface area contributed by atoms with Crippen LogP contribution in [0.3, 0.4) is 0 Å². The summed E-state index contributed by atoms with van der Waals surface area (Å²) in [5, 5.41) is 5.16. The minimum atomic E-state index is -4.82. The third-order valence-electron chi connectivity index (χ3n) is 4.83. The lowest BCUT2D eigenvalue weighted by Crippen LogP contribution is -2.21. The number of rotatable bonds is 5. The minimum Gasteiger partial charge on any atom is -0.351 e. The van der Waals surface area contributed by atoms with E-state index in [1.165, 1.54) is 6.07 Å². The van der Waals surface area contributed by atoms with Crippen LogP contribution < -0.4 is 10.6 Å². The predicted molar refractivity (Wildman–Crippen MR) is 105 cm³/mol. The van der Waals surface area contributed by atoms with Gasteiger partial charge in [0, 0.05) is 30.8 Å². The molecule has 16 heteroatoms. The van der Waals surface area contributed by atoms with Crippen LogP contribution in [0.25, 0.3) is 11.5 Å². The van der Waals surface area contributed by atoms with E-state index in [0.29, 0.717) is 12.3 Å². The summed E-state index contributed by atoms with van der Waals surface area (Å²) in [5.41, 5.74) is -3.11. The van der Waals surface area contributed by atoms with Gasteiger partial charge in [0.25, 0.3) is 0 Å². The summed E-state index contributed by atoms with van der Waals surface area (Å²) in [7, 11) is 0. The third kappa shape index (κ3) is 6.05. The number of pyridine rings is 1. The van der Waals surface area contributed by atoms with Gasteiger partial charge in [-0.2, -0.15) is 41.3 Å². The smallest absolute Gasteiger partial charge is 0.351 e. The number of nitrogens with one attached hydrogen (secondary N) is 2. The Morgan fingerprint density at radius 3 is 2.26 bits per heavy atom. The normalized spacial score (nSPS) is 17.9. The van der Waals surface area contributed by atoms with Gasteiger partial charge in [-0.15, -0.1) is 0 Å². The van der Waals surface area contributed by atoms with Crippen molar-refractivity contribution in [1.82, 2.24) is 29.9 Å². The maximum absolute atomic E-state index is 13.6. The standard InChI is InChI=1S/C19H14F8N8/c20-17(21)3-1-10(6-17)31-16-34-14(11-7-28-8-13(32-11)19(25,26)27)33-15(35-16)30-9-2-4-29-12(5-9)18(22,23)24/h2,4-5,7-8,10H,1,3,6H2,(H2,29,30,31,33,34,35). The number of hydrogen-bond acceptors (Lipinski definition) is 8.